The second-order valence-corrected chi connectivity index (χ2v) is 6.18. The molecule has 0 atom stereocenters. The number of rotatable bonds is 5. The van der Waals surface area contributed by atoms with E-state index in [9.17, 15) is 14.9 Å². The molecule has 1 aromatic heterocycles. The van der Waals surface area contributed by atoms with Crippen LogP contribution >= 0.6 is 0 Å². The van der Waals surface area contributed by atoms with Crippen molar-refractivity contribution in [2.24, 2.45) is 0 Å². The number of nitrogens with zero attached hydrogens (tertiary/aromatic N) is 3. The molecule has 0 saturated carbocycles. The second-order valence-electron chi connectivity index (χ2n) is 6.18. The number of urea groups is 1. The molecule has 0 fully saturated rings. The van der Waals surface area contributed by atoms with Crippen LogP contribution in [0.4, 0.5) is 16.3 Å². The lowest BCUT2D eigenvalue weighted by molar-refractivity contribution is 0.262. The van der Waals surface area contributed by atoms with Crippen molar-refractivity contribution in [3.8, 4) is 23.3 Å². The lowest BCUT2D eigenvalue weighted by atomic mass is 10.2. The van der Waals surface area contributed by atoms with E-state index in [1.54, 1.807) is 62.6 Å². The first-order valence-corrected chi connectivity index (χ1v) is 8.87. The smallest absolute Gasteiger partial charge is 0.324 e. The maximum Gasteiger partial charge on any atom is 0.324 e. The van der Waals surface area contributed by atoms with Crippen LogP contribution in [0.2, 0.25) is 0 Å². The summed E-state index contributed by atoms with van der Waals surface area (Å²) < 4.78 is 11.3. The molecule has 1 heterocycles. The third kappa shape index (κ3) is 4.23. The molecular weight excluding hydrogens is 386 g/mol. The zero-order chi connectivity index (χ0) is 21.7. The van der Waals surface area contributed by atoms with Gasteiger partial charge in [0.15, 0.2) is 5.82 Å². The first-order chi connectivity index (χ1) is 14.5. The molecule has 30 heavy (non-hydrogen) atoms. The highest BCUT2D eigenvalue weighted by Crippen LogP contribution is 2.18. The summed E-state index contributed by atoms with van der Waals surface area (Å²) in [6.07, 6.45) is 0. The highest BCUT2D eigenvalue weighted by atomic mass is 16.5. The summed E-state index contributed by atoms with van der Waals surface area (Å²) in [5.41, 5.74) is 0.546. The minimum Gasteiger partial charge on any atom is -0.497 e. The number of amides is 2. The van der Waals surface area contributed by atoms with Crippen LogP contribution in [0.5, 0.6) is 11.5 Å². The molecule has 3 rings (SSSR count). The van der Waals surface area contributed by atoms with Crippen molar-refractivity contribution in [1.29, 1.82) is 5.26 Å². The maximum atomic E-state index is 12.7. The number of nitriles is 1. The Morgan fingerprint density at radius 3 is 2.10 bits per heavy atom. The van der Waals surface area contributed by atoms with E-state index in [1.165, 1.54) is 7.11 Å². The molecule has 9 heteroatoms. The Kier molecular flexibility index (Phi) is 5.98. The molecule has 0 aliphatic heterocycles. The third-order valence-electron chi connectivity index (χ3n) is 4.35. The van der Waals surface area contributed by atoms with Gasteiger partial charge < -0.3 is 14.8 Å². The molecule has 152 valence electrons. The van der Waals surface area contributed by atoms with Gasteiger partial charge >= 0.3 is 6.03 Å². The van der Waals surface area contributed by atoms with Gasteiger partial charge in [-0.2, -0.15) is 9.94 Å². The first kappa shape index (κ1) is 20.4. The number of hydrogen-bond donors (Lipinski definition) is 2. The number of ether oxygens (including phenoxy) is 2. The van der Waals surface area contributed by atoms with Gasteiger partial charge in [0.05, 0.1) is 19.9 Å². The Hall–Kier alpha value is -4.32. The van der Waals surface area contributed by atoms with E-state index < -0.39 is 11.6 Å². The van der Waals surface area contributed by atoms with E-state index in [0.717, 1.165) is 4.68 Å². The summed E-state index contributed by atoms with van der Waals surface area (Å²) in [6.45, 7) is 1.55. The topological polar surface area (TPSA) is 118 Å². The quantitative estimate of drug-likeness (QED) is 0.673. The Labute approximate surface area is 172 Å². The van der Waals surface area contributed by atoms with E-state index >= 15 is 0 Å². The lowest BCUT2D eigenvalue weighted by Gasteiger charge is -2.13. The van der Waals surface area contributed by atoms with Gasteiger partial charge in [0.25, 0.3) is 5.56 Å². The molecule has 2 N–H and O–H groups in total. The van der Waals surface area contributed by atoms with Gasteiger partial charge in [-0.3, -0.25) is 10.1 Å². The summed E-state index contributed by atoms with van der Waals surface area (Å²) >= 11 is 0. The number of aromatic nitrogens is 2. The van der Waals surface area contributed by atoms with Crippen LogP contribution in [-0.2, 0) is 0 Å². The van der Waals surface area contributed by atoms with Crippen molar-refractivity contribution in [3.63, 3.8) is 0 Å². The van der Waals surface area contributed by atoms with Crippen LogP contribution in [0.25, 0.3) is 5.69 Å². The number of benzene rings is 2. The zero-order valence-corrected chi connectivity index (χ0v) is 16.6. The van der Waals surface area contributed by atoms with Crippen molar-refractivity contribution in [2.45, 2.75) is 6.92 Å². The zero-order valence-electron chi connectivity index (χ0n) is 16.6. The molecule has 0 aliphatic rings. The highest BCUT2D eigenvalue weighted by Gasteiger charge is 2.17. The largest absolute Gasteiger partial charge is 0.497 e. The average molecular weight is 405 g/mol. The van der Waals surface area contributed by atoms with Gasteiger partial charge in [-0.15, -0.1) is 5.10 Å². The van der Waals surface area contributed by atoms with Crippen LogP contribution < -0.4 is 25.7 Å². The first-order valence-electron chi connectivity index (χ1n) is 8.87. The average Bonchev–Trinajstić information content (AvgIpc) is 2.76. The monoisotopic (exact) mass is 405 g/mol. The Bertz CT molecular complexity index is 1160. The number of anilines is 2. The Morgan fingerprint density at radius 2 is 1.57 bits per heavy atom. The van der Waals surface area contributed by atoms with Crippen LogP contribution in [-0.4, -0.2) is 30.0 Å². The van der Waals surface area contributed by atoms with Gasteiger partial charge in [-0.1, -0.05) is 0 Å². The van der Waals surface area contributed by atoms with Crippen molar-refractivity contribution in [1.82, 2.24) is 9.78 Å². The molecule has 0 radical (unpaired) electrons. The van der Waals surface area contributed by atoms with Gasteiger partial charge in [0.2, 0.25) is 0 Å². The Morgan fingerprint density at radius 1 is 1.00 bits per heavy atom. The summed E-state index contributed by atoms with van der Waals surface area (Å²) in [7, 11) is 3.08. The van der Waals surface area contributed by atoms with Crippen molar-refractivity contribution >= 4 is 17.5 Å². The minimum absolute atomic E-state index is 0.0907. The number of methoxy groups -OCH3 is 2. The van der Waals surface area contributed by atoms with Crippen molar-refractivity contribution < 1.29 is 14.3 Å². The number of nitrogens with one attached hydrogen (secondary N) is 2. The number of hydrogen-bond acceptors (Lipinski definition) is 6. The fraction of sp³-hybridized carbons (Fsp3) is 0.143. The van der Waals surface area contributed by atoms with Crippen LogP contribution in [0.3, 0.4) is 0 Å². The summed E-state index contributed by atoms with van der Waals surface area (Å²) in [5, 5.41) is 18.9. The molecular formula is C21H19N5O4. The maximum absolute atomic E-state index is 12.7. The normalized spacial score (nSPS) is 10.1. The molecule has 0 bridgehead atoms. The molecule has 3 aromatic rings. The highest BCUT2D eigenvalue weighted by molar-refractivity contribution is 5.99. The van der Waals surface area contributed by atoms with Crippen LogP contribution in [0.1, 0.15) is 11.1 Å². The fourth-order valence-electron chi connectivity index (χ4n) is 2.70. The second kappa shape index (κ2) is 8.79. The van der Waals surface area contributed by atoms with E-state index in [2.05, 4.69) is 15.7 Å². The van der Waals surface area contributed by atoms with Crippen LogP contribution in [0, 0.1) is 18.3 Å². The summed E-state index contributed by atoms with van der Waals surface area (Å²) in [4.78, 5) is 25.1. The Balaban J connectivity index is 1.92. The van der Waals surface area contributed by atoms with Gasteiger partial charge in [-0.25, -0.2) is 4.79 Å². The number of carbonyl (C=O) groups is 1. The molecule has 0 saturated heterocycles. The summed E-state index contributed by atoms with van der Waals surface area (Å²) in [5.74, 6) is 1.35. The van der Waals surface area contributed by atoms with Crippen LogP contribution in [0.15, 0.2) is 53.3 Å². The molecule has 0 aliphatic carbocycles. The van der Waals surface area contributed by atoms with Crippen molar-refractivity contribution in [2.75, 3.05) is 24.9 Å². The van der Waals surface area contributed by atoms with Gasteiger partial charge in [0.1, 0.15) is 23.1 Å². The van der Waals surface area contributed by atoms with E-state index in [1.807, 2.05) is 6.07 Å². The van der Waals surface area contributed by atoms with Gasteiger partial charge in [-0.05, 0) is 55.5 Å². The fourth-order valence-corrected chi connectivity index (χ4v) is 2.70. The minimum atomic E-state index is -0.582. The van der Waals surface area contributed by atoms with Crippen molar-refractivity contribution in [3.05, 3.63) is 70.0 Å². The summed E-state index contributed by atoms with van der Waals surface area (Å²) in [6, 6.07) is 14.7. The van der Waals surface area contributed by atoms with E-state index in [0.29, 0.717) is 22.9 Å². The molecule has 0 unspecified atom stereocenters. The molecule has 0 spiro atoms. The molecule has 9 nitrogen and oxygen atoms in total. The van der Waals surface area contributed by atoms with Gasteiger partial charge in [0, 0.05) is 11.3 Å². The lowest BCUT2D eigenvalue weighted by Crippen LogP contribution is -2.29. The predicted octanol–water partition coefficient (Wildman–Crippen LogP) is 3.07. The van der Waals surface area contributed by atoms with E-state index in [-0.39, 0.29) is 16.9 Å². The predicted molar refractivity (Wildman–Crippen MR) is 111 cm³/mol. The molecule has 2 amide bonds. The van der Waals surface area contributed by atoms with E-state index in [4.69, 9.17) is 9.47 Å². The standard InChI is InChI=1S/C21H19N5O4/c1-13-18(12-22)20(27)26(15-6-10-17(30-3)11-7-15)25-19(13)24-21(28)23-14-4-8-16(29-2)9-5-14/h4-11H,1-3H3,(H2,23,24,25,28). The molecule has 2 aromatic carbocycles. The number of carbonyl (C=O) groups excluding carboxylic acids is 1. The SMILES string of the molecule is COc1ccc(NC(=O)Nc2nn(-c3ccc(OC)cc3)c(=O)c(C#N)c2C)cc1. The third-order valence-corrected chi connectivity index (χ3v) is 4.35.